The molecular formula is C23H26N2O4. The van der Waals surface area contributed by atoms with Gasteiger partial charge in [0, 0.05) is 30.2 Å². The smallest absolute Gasteiger partial charge is 0.226 e. The quantitative estimate of drug-likeness (QED) is 0.614. The van der Waals surface area contributed by atoms with E-state index >= 15 is 0 Å². The lowest BCUT2D eigenvalue weighted by Gasteiger charge is -2.20. The van der Waals surface area contributed by atoms with Gasteiger partial charge in [-0.15, -0.1) is 0 Å². The topological polar surface area (TPSA) is 61.7 Å². The molecule has 1 aromatic heterocycles. The number of nitrogens with zero attached hydrogens (tertiary/aromatic N) is 1. The number of aromatic nitrogens is 1. The fraction of sp³-hybridized carbons (Fsp3) is 0.261. The lowest BCUT2D eigenvalue weighted by atomic mass is 10.0. The number of aryl methyl sites for hydroxylation is 1. The number of nitrogens with one attached hydrogen (secondary N) is 1. The molecule has 29 heavy (non-hydrogen) atoms. The van der Waals surface area contributed by atoms with E-state index in [1.165, 1.54) is 0 Å². The predicted octanol–water partition coefficient (Wildman–Crippen LogP) is 4.44. The van der Waals surface area contributed by atoms with Gasteiger partial charge in [0.1, 0.15) is 0 Å². The average Bonchev–Trinajstić information content (AvgIpc) is 3.25. The van der Waals surface area contributed by atoms with Crippen molar-refractivity contribution in [3.8, 4) is 17.2 Å². The molecule has 2 aromatic carbocycles. The fourth-order valence-corrected chi connectivity index (χ4v) is 3.37. The Morgan fingerprint density at radius 1 is 0.966 bits per heavy atom. The van der Waals surface area contributed by atoms with Crippen LogP contribution in [0.5, 0.6) is 17.2 Å². The van der Waals surface area contributed by atoms with Crippen molar-refractivity contribution < 1.29 is 19.0 Å². The normalized spacial score (nSPS) is 11.6. The van der Waals surface area contributed by atoms with E-state index in [-0.39, 0.29) is 18.4 Å². The summed E-state index contributed by atoms with van der Waals surface area (Å²) in [6.45, 7) is 2.05. The van der Waals surface area contributed by atoms with E-state index in [2.05, 4.69) is 11.4 Å². The summed E-state index contributed by atoms with van der Waals surface area (Å²) in [6.07, 6.45) is 4.23. The Morgan fingerprint density at radius 3 is 2.17 bits per heavy atom. The van der Waals surface area contributed by atoms with Crippen LogP contribution in [0.25, 0.3) is 0 Å². The molecule has 0 unspecified atom stereocenters. The Hall–Kier alpha value is -3.41. The average molecular weight is 394 g/mol. The highest BCUT2D eigenvalue weighted by molar-refractivity contribution is 5.92. The van der Waals surface area contributed by atoms with E-state index in [1.54, 1.807) is 33.5 Å². The van der Waals surface area contributed by atoms with Gasteiger partial charge in [0.2, 0.25) is 11.7 Å². The van der Waals surface area contributed by atoms with Gasteiger partial charge < -0.3 is 24.1 Å². The summed E-state index contributed by atoms with van der Waals surface area (Å²) in [5.74, 6) is 1.35. The number of anilines is 1. The molecule has 1 heterocycles. The van der Waals surface area contributed by atoms with Crippen LogP contribution in [0.2, 0.25) is 0 Å². The van der Waals surface area contributed by atoms with Gasteiger partial charge in [-0.05, 0) is 24.6 Å². The Morgan fingerprint density at radius 2 is 1.62 bits per heavy atom. The maximum absolute atomic E-state index is 12.9. The Bertz CT molecular complexity index is 942. The van der Waals surface area contributed by atoms with Crippen molar-refractivity contribution in [2.24, 2.45) is 0 Å². The van der Waals surface area contributed by atoms with Gasteiger partial charge in [0.05, 0.1) is 33.8 Å². The molecule has 6 nitrogen and oxygen atoms in total. The minimum atomic E-state index is -0.112. The van der Waals surface area contributed by atoms with Crippen molar-refractivity contribution >= 4 is 11.6 Å². The zero-order valence-corrected chi connectivity index (χ0v) is 17.1. The first kappa shape index (κ1) is 20.3. The van der Waals surface area contributed by atoms with Crippen molar-refractivity contribution in [3.63, 3.8) is 0 Å². The van der Waals surface area contributed by atoms with Crippen LogP contribution in [0.4, 0.5) is 5.69 Å². The molecule has 1 N–H and O–H groups in total. The highest BCUT2D eigenvalue weighted by Gasteiger charge is 2.19. The number of rotatable bonds is 8. The molecule has 1 atom stereocenters. The van der Waals surface area contributed by atoms with Crippen LogP contribution in [0.15, 0.2) is 60.9 Å². The molecule has 0 aliphatic rings. The van der Waals surface area contributed by atoms with Crippen LogP contribution in [-0.2, 0) is 4.79 Å². The number of methoxy groups -OCH3 is 3. The molecule has 0 aliphatic heterocycles. The first-order chi connectivity index (χ1) is 14.0. The number of benzene rings is 2. The van der Waals surface area contributed by atoms with Crippen LogP contribution >= 0.6 is 0 Å². The molecule has 1 amide bonds. The van der Waals surface area contributed by atoms with Crippen molar-refractivity contribution in [3.05, 3.63) is 72.1 Å². The molecule has 3 rings (SSSR count). The number of hydrogen-bond acceptors (Lipinski definition) is 4. The van der Waals surface area contributed by atoms with Crippen LogP contribution in [0.3, 0.4) is 0 Å². The lowest BCUT2D eigenvalue weighted by Crippen LogP contribution is -2.19. The molecule has 0 radical (unpaired) electrons. The third-order valence-electron chi connectivity index (χ3n) is 4.74. The molecule has 0 saturated carbocycles. The second kappa shape index (κ2) is 9.19. The molecule has 0 spiro atoms. The number of amides is 1. The summed E-state index contributed by atoms with van der Waals surface area (Å²) in [7, 11) is 4.63. The first-order valence-corrected chi connectivity index (χ1v) is 9.34. The highest BCUT2D eigenvalue weighted by Crippen LogP contribution is 2.40. The van der Waals surface area contributed by atoms with E-state index < -0.39 is 0 Å². The van der Waals surface area contributed by atoms with Gasteiger partial charge in [0.15, 0.2) is 11.5 Å². The summed E-state index contributed by atoms with van der Waals surface area (Å²) >= 11 is 0. The standard InChI is InChI=1S/C23H26N2O4/c1-16-8-7-9-17(12-16)19(25-10-5-6-11-25)15-22(26)24-18-13-20(27-2)23(29-4)21(14-18)28-3/h5-14,19H,15H2,1-4H3,(H,24,26)/t19-/m0/s1. The van der Waals surface area contributed by atoms with Crippen molar-refractivity contribution in [1.29, 1.82) is 0 Å². The van der Waals surface area contributed by atoms with E-state index in [9.17, 15) is 4.79 Å². The van der Waals surface area contributed by atoms with E-state index in [0.717, 1.165) is 11.1 Å². The van der Waals surface area contributed by atoms with Crippen LogP contribution < -0.4 is 19.5 Å². The van der Waals surface area contributed by atoms with Gasteiger partial charge in [-0.3, -0.25) is 4.79 Å². The monoisotopic (exact) mass is 394 g/mol. The Labute approximate surface area is 171 Å². The zero-order chi connectivity index (χ0) is 20.8. The summed E-state index contributed by atoms with van der Waals surface area (Å²) in [5, 5.41) is 2.95. The molecule has 0 bridgehead atoms. The molecular weight excluding hydrogens is 368 g/mol. The summed E-state index contributed by atoms with van der Waals surface area (Å²) in [4.78, 5) is 12.9. The summed E-state index contributed by atoms with van der Waals surface area (Å²) in [6, 6.07) is 15.5. The SMILES string of the molecule is COc1cc(NC(=O)C[C@@H](c2cccc(C)c2)n2cccc2)cc(OC)c1OC. The Balaban J connectivity index is 1.84. The van der Waals surface area contributed by atoms with Crippen LogP contribution in [0, 0.1) is 6.92 Å². The number of ether oxygens (including phenoxy) is 3. The largest absolute Gasteiger partial charge is 0.493 e. The van der Waals surface area contributed by atoms with Gasteiger partial charge in [-0.25, -0.2) is 0 Å². The van der Waals surface area contributed by atoms with Crippen molar-refractivity contribution in [2.75, 3.05) is 26.6 Å². The highest BCUT2D eigenvalue weighted by atomic mass is 16.5. The third-order valence-corrected chi connectivity index (χ3v) is 4.74. The maximum Gasteiger partial charge on any atom is 0.226 e. The number of hydrogen-bond donors (Lipinski definition) is 1. The second-order valence-electron chi connectivity index (χ2n) is 6.73. The fourth-order valence-electron chi connectivity index (χ4n) is 3.37. The predicted molar refractivity (Wildman–Crippen MR) is 113 cm³/mol. The van der Waals surface area contributed by atoms with Crippen LogP contribution in [-0.4, -0.2) is 31.8 Å². The lowest BCUT2D eigenvalue weighted by molar-refractivity contribution is -0.116. The molecule has 0 saturated heterocycles. The first-order valence-electron chi connectivity index (χ1n) is 9.34. The van der Waals surface area contributed by atoms with Gasteiger partial charge in [-0.2, -0.15) is 0 Å². The van der Waals surface area contributed by atoms with E-state index in [0.29, 0.717) is 22.9 Å². The molecule has 0 aliphatic carbocycles. The molecule has 152 valence electrons. The van der Waals surface area contributed by atoms with Gasteiger partial charge in [-0.1, -0.05) is 29.8 Å². The van der Waals surface area contributed by atoms with Crippen molar-refractivity contribution in [2.45, 2.75) is 19.4 Å². The van der Waals surface area contributed by atoms with Crippen molar-refractivity contribution in [1.82, 2.24) is 4.57 Å². The molecule has 3 aromatic rings. The Kier molecular flexibility index (Phi) is 6.44. The molecule has 0 fully saturated rings. The summed E-state index contributed by atoms with van der Waals surface area (Å²) < 4.78 is 18.1. The third kappa shape index (κ3) is 4.71. The van der Waals surface area contributed by atoms with E-state index in [4.69, 9.17) is 14.2 Å². The van der Waals surface area contributed by atoms with Gasteiger partial charge >= 0.3 is 0 Å². The summed E-state index contributed by atoms with van der Waals surface area (Å²) in [5.41, 5.74) is 2.82. The van der Waals surface area contributed by atoms with E-state index in [1.807, 2.05) is 54.2 Å². The number of carbonyl (C=O) groups excluding carboxylic acids is 1. The maximum atomic E-state index is 12.9. The number of carbonyl (C=O) groups is 1. The second-order valence-corrected chi connectivity index (χ2v) is 6.73. The van der Waals surface area contributed by atoms with Gasteiger partial charge in [0.25, 0.3) is 0 Å². The van der Waals surface area contributed by atoms with Crippen LogP contribution in [0.1, 0.15) is 23.6 Å². The minimum absolute atomic E-state index is 0.105. The minimum Gasteiger partial charge on any atom is -0.493 e. The molecule has 6 heteroatoms. The zero-order valence-electron chi connectivity index (χ0n) is 17.1.